The summed E-state index contributed by atoms with van der Waals surface area (Å²) in [5.74, 6) is 0.909. The van der Waals surface area contributed by atoms with Gasteiger partial charge in [0.1, 0.15) is 5.75 Å². The molecule has 5 heteroatoms. The summed E-state index contributed by atoms with van der Waals surface area (Å²) < 4.78 is 7.23. The van der Waals surface area contributed by atoms with Crippen LogP contribution in [0, 0.1) is 6.92 Å². The van der Waals surface area contributed by atoms with Gasteiger partial charge in [-0.25, -0.2) is 0 Å². The molecular formula is C20H28N4O. The van der Waals surface area contributed by atoms with Crippen LogP contribution >= 0.6 is 0 Å². The Morgan fingerprint density at radius 3 is 2.68 bits per heavy atom. The highest BCUT2D eigenvalue weighted by atomic mass is 16.5. The Hall–Kier alpha value is -2.27. The molecule has 0 aliphatic carbocycles. The molecule has 1 aliphatic heterocycles. The highest BCUT2D eigenvalue weighted by molar-refractivity contribution is 5.49. The van der Waals surface area contributed by atoms with Crippen molar-refractivity contribution in [2.75, 3.05) is 38.2 Å². The third-order valence-corrected chi connectivity index (χ3v) is 4.78. The summed E-state index contributed by atoms with van der Waals surface area (Å²) in [4.78, 5) is 5.00. The van der Waals surface area contributed by atoms with Gasteiger partial charge in [-0.1, -0.05) is 6.08 Å². The van der Waals surface area contributed by atoms with Crippen molar-refractivity contribution in [3.63, 3.8) is 0 Å². The average Bonchev–Trinajstić information content (AvgIpc) is 2.83. The van der Waals surface area contributed by atoms with Crippen LogP contribution < -0.4 is 9.64 Å². The third kappa shape index (κ3) is 4.42. The van der Waals surface area contributed by atoms with Gasteiger partial charge in [0.2, 0.25) is 0 Å². The minimum absolute atomic E-state index is 0.770. The zero-order chi connectivity index (χ0) is 17.6. The molecule has 0 amide bonds. The smallest absolute Gasteiger partial charge is 0.119 e. The van der Waals surface area contributed by atoms with Gasteiger partial charge in [0, 0.05) is 50.2 Å². The van der Waals surface area contributed by atoms with Gasteiger partial charge in [-0.15, -0.1) is 6.58 Å². The molecule has 0 unspecified atom stereocenters. The van der Waals surface area contributed by atoms with Crippen molar-refractivity contribution in [3.8, 4) is 5.75 Å². The van der Waals surface area contributed by atoms with E-state index >= 15 is 0 Å². The van der Waals surface area contributed by atoms with Crippen LogP contribution in [0.25, 0.3) is 0 Å². The summed E-state index contributed by atoms with van der Waals surface area (Å²) in [6.07, 6.45) is 5.21. The number of ether oxygens (including phenoxy) is 1. The van der Waals surface area contributed by atoms with Gasteiger partial charge < -0.3 is 9.64 Å². The summed E-state index contributed by atoms with van der Waals surface area (Å²) in [5, 5.41) is 4.56. The molecule has 0 bridgehead atoms. The van der Waals surface area contributed by atoms with E-state index in [0.717, 1.165) is 50.7 Å². The number of rotatable bonds is 6. The first kappa shape index (κ1) is 17.5. The molecule has 0 radical (unpaired) electrons. The van der Waals surface area contributed by atoms with Crippen LogP contribution in [0.5, 0.6) is 5.75 Å². The standard InChI is InChI=1S/C20H28N4O/c1-4-10-24-16-18(17(2)21-24)15-22-11-5-12-23(14-13-22)19-6-8-20(25-3)9-7-19/h4,6-9,16H,1,5,10-15H2,2-3H3. The number of methoxy groups -OCH3 is 1. The number of benzene rings is 1. The number of aryl methyl sites for hydroxylation is 1. The quantitative estimate of drug-likeness (QED) is 0.757. The predicted molar refractivity (Wildman–Crippen MR) is 102 cm³/mol. The molecule has 0 N–H and O–H groups in total. The van der Waals surface area contributed by atoms with Crippen molar-refractivity contribution >= 4 is 5.69 Å². The number of nitrogens with zero attached hydrogens (tertiary/aromatic N) is 4. The maximum Gasteiger partial charge on any atom is 0.119 e. The van der Waals surface area contributed by atoms with Crippen molar-refractivity contribution in [1.29, 1.82) is 0 Å². The topological polar surface area (TPSA) is 33.5 Å². The lowest BCUT2D eigenvalue weighted by molar-refractivity contribution is 0.285. The molecule has 3 rings (SSSR count). The van der Waals surface area contributed by atoms with E-state index in [1.165, 1.54) is 17.7 Å². The highest BCUT2D eigenvalue weighted by Gasteiger charge is 2.17. The van der Waals surface area contributed by atoms with Crippen LogP contribution in [0.4, 0.5) is 5.69 Å². The third-order valence-electron chi connectivity index (χ3n) is 4.78. The highest BCUT2D eigenvalue weighted by Crippen LogP contribution is 2.21. The normalized spacial score (nSPS) is 15.8. The van der Waals surface area contributed by atoms with Gasteiger partial charge in [0.15, 0.2) is 0 Å². The second-order valence-electron chi connectivity index (χ2n) is 6.57. The van der Waals surface area contributed by atoms with Gasteiger partial charge in [0.25, 0.3) is 0 Å². The Kier molecular flexibility index (Phi) is 5.76. The molecule has 5 nitrogen and oxygen atoms in total. The minimum atomic E-state index is 0.770. The summed E-state index contributed by atoms with van der Waals surface area (Å²) >= 11 is 0. The number of aromatic nitrogens is 2. The fraction of sp³-hybridized carbons (Fsp3) is 0.450. The fourth-order valence-corrected chi connectivity index (χ4v) is 3.36. The van der Waals surface area contributed by atoms with Crippen LogP contribution in [-0.4, -0.2) is 48.0 Å². The number of anilines is 1. The lowest BCUT2D eigenvalue weighted by Gasteiger charge is -2.23. The van der Waals surface area contributed by atoms with E-state index < -0.39 is 0 Å². The van der Waals surface area contributed by atoms with Crippen LogP contribution in [0.1, 0.15) is 17.7 Å². The first-order valence-electron chi connectivity index (χ1n) is 8.95. The molecule has 0 spiro atoms. The fourth-order valence-electron chi connectivity index (χ4n) is 3.36. The molecule has 1 aliphatic rings. The first-order chi connectivity index (χ1) is 12.2. The van der Waals surface area contributed by atoms with Gasteiger partial charge in [-0.05, 0) is 37.6 Å². The van der Waals surface area contributed by atoms with E-state index in [1.54, 1.807) is 7.11 Å². The lowest BCUT2D eigenvalue weighted by atomic mass is 10.2. The Balaban J connectivity index is 1.60. The molecule has 1 saturated heterocycles. The van der Waals surface area contributed by atoms with Crippen LogP contribution in [0.3, 0.4) is 0 Å². The zero-order valence-electron chi connectivity index (χ0n) is 15.3. The van der Waals surface area contributed by atoms with E-state index in [2.05, 4.69) is 46.7 Å². The molecule has 134 valence electrons. The Labute approximate surface area is 150 Å². The second kappa shape index (κ2) is 8.21. The molecule has 1 fully saturated rings. The molecule has 0 atom stereocenters. The van der Waals surface area contributed by atoms with E-state index in [0.29, 0.717) is 0 Å². The molecule has 2 aromatic rings. The zero-order valence-corrected chi connectivity index (χ0v) is 15.3. The summed E-state index contributed by atoms with van der Waals surface area (Å²) in [6, 6.07) is 8.38. The number of hydrogen-bond acceptors (Lipinski definition) is 4. The van der Waals surface area contributed by atoms with Gasteiger partial charge in [-0.2, -0.15) is 5.10 Å². The minimum Gasteiger partial charge on any atom is -0.497 e. The molecule has 1 aromatic carbocycles. The average molecular weight is 340 g/mol. The first-order valence-corrected chi connectivity index (χ1v) is 8.95. The summed E-state index contributed by atoms with van der Waals surface area (Å²) in [5.41, 5.74) is 3.72. The van der Waals surface area contributed by atoms with Crippen molar-refractivity contribution in [2.24, 2.45) is 0 Å². The van der Waals surface area contributed by atoms with Crippen molar-refractivity contribution in [1.82, 2.24) is 14.7 Å². The Morgan fingerprint density at radius 2 is 1.96 bits per heavy atom. The molecule has 2 heterocycles. The van der Waals surface area contributed by atoms with E-state index in [4.69, 9.17) is 4.74 Å². The molecule has 1 aromatic heterocycles. The van der Waals surface area contributed by atoms with E-state index in [1.807, 2.05) is 22.9 Å². The lowest BCUT2D eigenvalue weighted by Crippen LogP contribution is -2.30. The maximum absolute atomic E-state index is 5.25. The maximum atomic E-state index is 5.25. The number of allylic oxidation sites excluding steroid dienone is 1. The van der Waals surface area contributed by atoms with E-state index in [9.17, 15) is 0 Å². The largest absolute Gasteiger partial charge is 0.497 e. The summed E-state index contributed by atoms with van der Waals surface area (Å²) in [7, 11) is 1.71. The Bertz CT molecular complexity index is 692. The van der Waals surface area contributed by atoms with Crippen LogP contribution in [0.15, 0.2) is 43.1 Å². The summed E-state index contributed by atoms with van der Waals surface area (Å²) in [6.45, 7) is 12.0. The van der Waals surface area contributed by atoms with Gasteiger partial charge in [-0.3, -0.25) is 9.58 Å². The molecule has 0 saturated carbocycles. The van der Waals surface area contributed by atoms with Crippen molar-refractivity contribution < 1.29 is 4.74 Å². The van der Waals surface area contributed by atoms with Crippen molar-refractivity contribution in [2.45, 2.75) is 26.4 Å². The van der Waals surface area contributed by atoms with E-state index in [-0.39, 0.29) is 0 Å². The molecular weight excluding hydrogens is 312 g/mol. The van der Waals surface area contributed by atoms with Gasteiger partial charge in [0.05, 0.1) is 19.3 Å². The molecule has 25 heavy (non-hydrogen) atoms. The van der Waals surface area contributed by atoms with Gasteiger partial charge >= 0.3 is 0 Å². The number of hydrogen-bond donors (Lipinski definition) is 0. The SMILES string of the molecule is C=CCn1cc(CN2CCCN(c3ccc(OC)cc3)CC2)c(C)n1. The van der Waals surface area contributed by atoms with Crippen LogP contribution in [0.2, 0.25) is 0 Å². The van der Waals surface area contributed by atoms with Crippen LogP contribution in [-0.2, 0) is 13.1 Å². The monoisotopic (exact) mass is 340 g/mol. The second-order valence-corrected chi connectivity index (χ2v) is 6.57. The van der Waals surface area contributed by atoms with Crippen molar-refractivity contribution in [3.05, 3.63) is 54.4 Å². The predicted octanol–water partition coefficient (Wildman–Crippen LogP) is 3.10. The Morgan fingerprint density at radius 1 is 1.16 bits per heavy atom.